The summed E-state index contributed by atoms with van der Waals surface area (Å²) in [5, 5.41) is 10.4. The Morgan fingerprint density at radius 3 is 2.42 bits per heavy atom. The summed E-state index contributed by atoms with van der Waals surface area (Å²) in [7, 11) is 0. The molecule has 0 amide bonds. The summed E-state index contributed by atoms with van der Waals surface area (Å²) < 4.78 is 0. The molecule has 1 aliphatic carbocycles. The molecule has 1 aromatic carbocycles. The van der Waals surface area contributed by atoms with Crippen molar-refractivity contribution >= 4 is 0 Å². The Bertz CT molecular complexity index is 434. The van der Waals surface area contributed by atoms with Gasteiger partial charge in [0.15, 0.2) is 0 Å². The molecule has 2 aliphatic rings. The summed E-state index contributed by atoms with van der Waals surface area (Å²) in [5.74, 6) is 1.18. The molecule has 0 aromatic heterocycles. The van der Waals surface area contributed by atoms with E-state index in [1.54, 1.807) is 0 Å². The third-order valence-corrected chi connectivity index (χ3v) is 4.47. The van der Waals surface area contributed by atoms with Crippen molar-refractivity contribution in [3.63, 3.8) is 0 Å². The van der Waals surface area contributed by atoms with Gasteiger partial charge < -0.3 is 10.0 Å². The number of phenolic OH excluding ortho intramolecular Hbond substituents is 1. The van der Waals surface area contributed by atoms with E-state index in [4.69, 9.17) is 0 Å². The predicted molar refractivity (Wildman–Crippen MR) is 77.5 cm³/mol. The molecule has 3 rings (SSSR count). The SMILES string of the molecule is CCN1CCN(Cc2cccc(C3CC3)c2O)CC1. The van der Waals surface area contributed by atoms with Crippen LogP contribution in [0.25, 0.3) is 0 Å². The van der Waals surface area contributed by atoms with Crippen LogP contribution in [0.3, 0.4) is 0 Å². The van der Waals surface area contributed by atoms with Gasteiger partial charge >= 0.3 is 0 Å². The molecular weight excluding hydrogens is 236 g/mol. The van der Waals surface area contributed by atoms with Gasteiger partial charge in [-0.2, -0.15) is 0 Å². The van der Waals surface area contributed by atoms with E-state index < -0.39 is 0 Å². The minimum atomic E-state index is 0.558. The van der Waals surface area contributed by atoms with Crippen molar-refractivity contribution in [2.24, 2.45) is 0 Å². The summed E-state index contributed by atoms with van der Waals surface area (Å²) in [4.78, 5) is 4.94. The zero-order valence-electron chi connectivity index (χ0n) is 11.8. The number of hydrogen-bond acceptors (Lipinski definition) is 3. The fraction of sp³-hybridized carbons (Fsp3) is 0.625. The van der Waals surface area contributed by atoms with Gasteiger partial charge in [0.25, 0.3) is 0 Å². The van der Waals surface area contributed by atoms with Crippen LogP contribution in [0, 0.1) is 0 Å². The first-order valence-corrected chi connectivity index (χ1v) is 7.53. The van der Waals surface area contributed by atoms with Gasteiger partial charge in [0.2, 0.25) is 0 Å². The van der Waals surface area contributed by atoms with Crippen molar-refractivity contribution in [1.82, 2.24) is 9.80 Å². The lowest BCUT2D eigenvalue weighted by Gasteiger charge is -2.34. The lowest BCUT2D eigenvalue weighted by atomic mass is 10.0. The molecule has 19 heavy (non-hydrogen) atoms. The topological polar surface area (TPSA) is 26.7 Å². The number of nitrogens with zero attached hydrogens (tertiary/aromatic N) is 2. The maximum absolute atomic E-state index is 10.4. The third kappa shape index (κ3) is 2.93. The number of para-hydroxylation sites is 1. The molecule has 1 aromatic rings. The maximum atomic E-state index is 10.4. The first-order valence-electron chi connectivity index (χ1n) is 7.53. The second-order valence-electron chi connectivity index (χ2n) is 5.84. The maximum Gasteiger partial charge on any atom is 0.123 e. The van der Waals surface area contributed by atoms with Crippen LogP contribution in [-0.2, 0) is 6.54 Å². The zero-order chi connectivity index (χ0) is 13.2. The Morgan fingerprint density at radius 2 is 1.79 bits per heavy atom. The first kappa shape index (κ1) is 12.9. The van der Waals surface area contributed by atoms with Crippen molar-refractivity contribution in [3.8, 4) is 5.75 Å². The molecule has 1 aliphatic heterocycles. The quantitative estimate of drug-likeness (QED) is 0.900. The summed E-state index contributed by atoms with van der Waals surface area (Å²) in [6.07, 6.45) is 2.48. The molecule has 0 unspecified atom stereocenters. The number of likely N-dealkylation sites (N-methyl/N-ethyl adjacent to an activating group) is 1. The largest absolute Gasteiger partial charge is 0.507 e. The zero-order valence-corrected chi connectivity index (χ0v) is 11.8. The Morgan fingerprint density at radius 1 is 1.11 bits per heavy atom. The highest BCUT2D eigenvalue weighted by Crippen LogP contribution is 2.45. The minimum Gasteiger partial charge on any atom is -0.507 e. The van der Waals surface area contributed by atoms with E-state index in [9.17, 15) is 5.11 Å². The Hall–Kier alpha value is -1.06. The van der Waals surface area contributed by atoms with Gasteiger partial charge in [-0.25, -0.2) is 0 Å². The van der Waals surface area contributed by atoms with Crippen LogP contribution in [0.2, 0.25) is 0 Å². The molecule has 104 valence electrons. The lowest BCUT2D eigenvalue weighted by molar-refractivity contribution is 0.131. The van der Waals surface area contributed by atoms with Gasteiger partial charge in [0.1, 0.15) is 5.75 Å². The molecule has 3 nitrogen and oxygen atoms in total. The molecule has 0 radical (unpaired) electrons. The molecule has 3 heteroatoms. The number of rotatable bonds is 4. The van der Waals surface area contributed by atoms with Crippen molar-refractivity contribution < 1.29 is 5.11 Å². The first-order chi connectivity index (χ1) is 9.28. The van der Waals surface area contributed by atoms with Crippen molar-refractivity contribution in [2.75, 3.05) is 32.7 Å². The lowest BCUT2D eigenvalue weighted by Crippen LogP contribution is -2.45. The van der Waals surface area contributed by atoms with Gasteiger partial charge in [-0.15, -0.1) is 0 Å². The molecule has 1 saturated heterocycles. The number of piperazine rings is 1. The van der Waals surface area contributed by atoms with Gasteiger partial charge in [-0.1, -0.05) is 25.1 Å². The Balaban J connectivity index is 1.65. The van der Waals surface area contributed by atoms with Crippen LogP contribution in [0.5, 0.6) is 5.75 Å². The van der Waals surface area contributed by atoms with Crippen molar-refractivity contribution in [1.29, 1.82) is 0 Å². The van der Waals surface area contributed by atoms with Crippen LogP contribution < -0.4 is 0 Å². The molecule has 1 heterocycles. The van der Waals surface area contributed by atoms with Crippen LogP contribution in [-0.4, -0.2) is 47.6 Å². The fourth-order valence-electron chi connectivity index (χ4n) is 2.97. The molecule has 1 N–H and O–H groups in total. The van der Waals surface area contributed by atoms with Crippen LogP contribution in [0.4, 0.5) is 0 Å². The second-order valence-corrected chi connectivity index (χ2v) is 5.84. The number of phenols is 1. The summed E-state index contributed by atoms with van der Waals surface area (Å²) in [5.41, 5.74) is 2.28. The smallest absolute Gasteiger partial charge is 0.123 e. The summed E-state index contributed by atoms with van der Waals surface area (Å²) in [6, 6.07) is 6.27. The highest BCUT2D eigenvalue weighted by molar-refractivity contribution is 5.44. The minimum absolute atomic E-state index is 0.558. The number of aromatic hydroxyl groups is 1. The Kier molecular flexibility index (Phi) is 3.76. The van der Waals surface area contributed by atoms with E-state index in [1.807, 2.05) is 0 Å². The second kappa shape index (κ2) is 5.51. The molecule has 1 saturated carbocycles. The van der Waals surface area contributed by atoms with Gasteiger partial charge in [0.05, 0.1) is 0 Å². The predicted octanol–water partition coefficient (Wildman–Crippen LogP) is 2.41. The van der Waals surface area contributed by atoms with E-state index >= 15 is 0 Å². The van der Waals surface area contributed by atoms with Crippen molar-refractivity contribution in [3.05, 3.63) is 29.3 Å². The van der Waals surface area contributed by atoms with E-state index in [-0.39, 0.29) is 0 Å². The van der Waals surface area contributed by atoms with Crippen LogP contribution >= 0.6 is 0 Å². The molecule has 0 bridgehead atoms. The van der Waals surface area contributed by atoms with Crippen molar-refractivity contribution in [2.45, 2.75) is 32.2 Å². The highest BCUT2D eigenvalue weighted by Gasteiger charge is 2.27. The van der Waals surface area contributed by atoms with Crippen LogP contribution in [0.15, 0.2) is 18.2 Å². The molecular formula is C16H24N2O. The standard InChI is InChI=1S/C16H24N2O/c1-2-17-8-10-18(11-9-17)12-14-4-3-5-15(16(14)19)13-6-7-13/h3-5,13,19H,2,6-12H2,1H3. The average molecular weight is 260 g/mol. The normalized spacial score (nSPS) is 21.7. The van der Waals surface area contributed by atoms with E-state index in [1.165, 1.54) is 18.4 Å². The molecule has 2 fully saturated rings. The van der Waals surface area contributed by atoms with E-state index in [0.29, 0.717) is 11.7 Å². The monoisotopic (exact) mass is 260 g/mol. The highest BCUT2D eigenvalue weighted by atomic mass is 16.3. The summed E-state index contributed by atoms with van der Waals surface area (Å²) in [6.45, 7) is 8.79. The van der Waals surface area contributed by atoms with Gasteiger partial charge in [-0.05, 0) is 30.9 Å². The fourth-order valence-corrected chi connectivity index (χ4v) is 2.97. The molecule has 0 atom stereocenters. The third-order valence-electron chi connectivity index (χ3n) is 4.47. The summed E-state index contributed by atoms with van der Waals surface area (Å²) >= 11 is 0. The Labute approximate surface area is 115 Å². The van der Waals surface area contributed by atoms with E-state index in [0.717, 1.165) is 44.8 Å². The van der Waals surface area contributed by atoms with Gasteiger partial charge in [0, 0.05) is 38.3 Å². The number of benzene rings is 1. The van der Waals surface area contributed by atoms with Crippen LogP contribution in [0.1, 0.15) is 36.8 Å². The molecule has 0 spiro atoms. The van der Waals surface area contributed by atoms with E-state index in [2.05, 4.69) is 34.9 Å². The number of hydrogen-bond donors (Lipinski definition) is 1. The van der Waals surface area contributed by atoms with Gasteiger partial charge in [-0.3, -0.25) is 4.90 Å². The average Bonchev–Trinajstić information content (AvgIpc) is 3.26.